The topological polar surface area (TPSA) is 55.0 Å². The predicted molar refractivity (Wildman–Crippen MR) is 66.2 cm³/mol. The van der Waals surface area contributed by atoms with Crippen LogP contribution in [0.1, 0.15) is 0 Å². The number of nitrogen functional groups attached to an aromatic ring is 1. The Morgan fingerprint density at radius 2 is 1.81 bits per heavy atom. The van der Waals surface area contributed by atoms with Gasteiger partial charge in [-0.1, -0.05) is 30.3 Å². The zero-order valence-electron chi connectivity index (χ0n) is 9.38. The molecule has 1 heterocycles. The summed E-state index contributed by atoms with van der Waals surface area (Å²) in [7, 11) is 3.88. The third kappa shape index (κ3) is 1.95. The molecule has 1 aromatic heterocycles. The molecule has 0 fully saturated rings. The van der Waals surface area contributed by atoms with Gasteiger partial charge in [0.1, 0.15) is 5.82 Å². The van der Waals surface area contributed by atoms with Crippen LogP contribution in [0.2, 0.25) is 0 Å². The standard InChI is InChI=1S/C12H14N4/c1-16(2)11-10(8-14-12(13)15-11)9-6-4-3-5-7-9/h3-8H,1-2H3,(H2,13,14,15). The molecular formula is C12H14N4. The van der Waals surface area contributed by atoms with Crippen molar-refractivity contribution >= 4 is 11.8 Å². The molecule has 0 saturated carbocycles. The van der Waals surface area contributed by atoms with Crippen molar-refractivity contribution in [2.75, 3.05) is 24.7 Å². The summed E-state index contributed by atoms with van der Waals surface area (Å²) in [6, 6.07) is 10.0. The van der Waals surface area contributed by atoms with Crippen molar-refractivity contribution in [3.05, 3.63) is 36.5 Å². The predicted octanol–water partition coefficient (Wildman–Crippen LogP) is 1.79. The number of rotatable bonds is 2. The summed E-state index contributed by atoms with van der Waals surface area (Å²) in [5, 5.41) is 0. The van der Waals surface area contributed by atoms with E-state index in [4.69, 9.17) is 5.73 Å². The minimum Gasteiger partial charge on any atom is -0.368 e. The van der Waals surface area contributed by atoms with Crippen molar-refractivity contribution in [3.8, 4) is 11.1 Å². The van der Waals surface area contributed by atoms with Gasteiger partial charge in [-0.3, -0.25) is 0 Å². The Hall–Kier alpha value is -2.10. The second-order valence-corrected chi connectivity index (χ2v) is 3.73. The van der Waals surface area contributed by atoms with E-state index in [1.165, 1.54) is 0 Å². The maximum absolute atomic E-state index is 5.59. The van der Waals surface area contributed by atoms with Crippen LogP contribution in [0.3, 0.4) is 0 Å². The molecule has 82 valence electrons. The number of aromatic nitrogens is 2. The first kappa shape index (κ1) is 10.4. The maximum Gasteiger partial charge on any atom is 0.221 e. The van der Waals surface area contributed by atoms with E-state index in [1.807, 2.05) is 49.3 Å². The van der Waals surface area contributed by atoms with Gasteiger partial charge in [-0.05, 0) is 5.56 Å². The van der Waals surface area contributed by atoms with Gasteiger partial charge in [-0.2, -0.15) is 4.98 Å². The molecule has 0 atom stereocenters. The van der Waals surface area contributed by atoms with Crippen LogP contribution < -0.4 is 10.6 Å². The Morgan fingerprint density at radius 3 is 2.44 bits per heavy atom. The van der Waals surface area contributed by atoms with Gasteiger partial charge in [0.15, 0.2) is 0 Å². The second kappa shape index (κ2) is 4.18. The van der Waals surface area contributed by atoms with E-state index in [2.05, 4.69) is 9.97 Å². The Labute approximate surface area is 94.8 Å². The first-order chi connectivity index (χ1) is 7.68. The van der Waals surface area contributed by atoms with Crippen LogP contribution in [-0.4, -0.2) is 24.1 Å². The zero-order chi connectivity index (χ0) is 11.5. The van der Waals surface area contributed by atoms with Crippen molar-refractivity contribution in [1.82, 2.24) is 9.97 Å². The fourth-order valence-electron chi connectivity index (χ4n) is 1.55. The van der Waals surface area contributed by atoms with Gasteiger partial charge in [0.05, 0.1) is 0 Å². The van der Waals surface area contributed by atoms with E-state index < -0.39 is 0 Å². The molecule has 0 amide bonds. The first-order valence-corrected chi connectivity index (χ1v) is 5.04. The maximum atomic E-state index is 5.59. The Bertz CT molecular complexity index is 480. The number of hydrogen-bond acceptors (Lipinski definition) is 4. The van der Waals surface area contributed by atoms with Crippen molar-refractivity contribution in [3.63, 3.8) is 0 Å². The highest BCUT2D eigenvalue weighted by Gasteiger charge is 2.09. The lowest BCUT2D eigenvalue weighted by molar-refractivity contribution is 1.05. The highest BCUT2D eigenvalue weighted by Crippen LogP contribution is 2.27. The number of hydrogen-bond donors (Lipinski definition) is 1. The molecule has 0 unspecified atom stereocenters. The number of benzene rings is 1. The van der Waals surface area contributed by atoms with E-state index in [1.54, 1.807) is 6.20 Å². The van der Waals surface area contributed by atoms with E-state index in [-0.39, 0.29) is 0 Å². The summed E-state index contributed by atoms with van der Waals surface area (Å²) in [5.74, 6) is 1.13. The average Bonchev–Trinajstić information content (AvgIpc) is 2.30. The summed E-state index contributed by atoms with van der Waals surface area (Å²) in [4.78, 5) is 10.2. The minimum atomic E-state index is 0.295. The first-order valence-electron chi connectivity index (χ1n) is 5.04. The number of nitrogens with zero attached hydrogens (tertiary/aromatic N) is 3. The van der Waals surface area contributed by atoms with Crippen molar-refractivity contribution in [1.29, 1.82) is 0 Å². The largest absolute Gasteiger partial charge is 0.368 e. The molecule has 1 aromatic carbocycles. The lowest BCUT2D eigenvalue weighted by Gasteiger charge is -2.16. The van der Waals surface area contributed by atoms with Gasteiger partial charge in [0.25, 0.3) is 0 Å². The number of anilines is 2. The number of nitrogens with two attached hydrogens (primary N) is 1. The monoisotopic (exact) mass is 214 g/mol. The summed E-state index contributed by atoms with van der Waals surface area (Å²) >= 11 is 0. The molecule has 4 nitrogen and oxygen atoms in total. The molecule has 2 N–H and O–H groups in total. The fraction of sp³-hybridized carbons (Fsp3) is 0.167. The SMILES string of the molecule is CN(C)c1nc(N)ncc1-c1ccccc1. The molecular weight excluding hydrogens is 200 g/mol. The normalized spacial score (nSPS) is 10.1. The quantitative estimate of drug-likeness (QED) is 0.828. The second-order valence-electron chi connectivity index (χ2n) is 3.73. The van der Waals surface area contributed by atoms with Gasteiger partial charge in [-0.25, -0.2) is 4.98 Å². The lowest BCUT2D eigenvalue weighted by Crippen LogP contribution is -2.13. The van der Waals surface area contributed by atoms with Crippen LogP contribution in [-0.2, 0) is 0 Å². The highest BCUT2D eigenvalue weighted by molar-refractivity contribution is 5.75. The molecule has 4 heteroatoms. The van der Waals surface area contributed by atoms with Gasteiger partial charge in [-0.15, -0.1) is 0 Å². The molecule has 0 radical (unpaired) electrons. The highest BCUT2D eigenvalue weighted by atomic mass is 15.2. The Kier molecular flexibility index (Phi) is 2.72. The van der Waals surface area contributed by atoms with Gasteiger partial charge >= 0.3 is 0 Å². The molecule has 0 aliphatic rings. The van der Waals surface area contributed by atoms with Crippen LogP contribution in [0.5, 0.6) is 0 Å². The van der Waals surface area contributed by atoms with Gasteiger partial charge in [0, 0.05) is 25.9 Å². The van der Waals surface area contributed by atoms with Crippen LogP contribution in [0.15, 0.2) is 36.5 Å². The molecule has 0 spiro atoms. The summed E-state index contributed by atoms with van der Waals surface area (Å²) in [6.07, 6.45) is 1.76. The Balaban J connectivity index is 2.57. The van der Waals surface area contributed by atoms with Crippen LogP contribution in [0.4, 0.5) is 11.8 Å². The molecule has 2 rings (SSSR count). The summed E-state index contributed by atoms with van der Waals surface area (Å²) < 4.78 is 0. The van der Waals surface area contributed by atoms with Crippen LogP contribution in [0.25, 0.3) is 11.1 Å². The molecule has 0 aliphatic carbocycles. The summed E-state index contributed by atoms with van der Waals surface area (Å²) in [5.41, 5.74) is 7.67. The molecule has 0 aliphatic heterocycles. The molecule has 16 heavy (non-hydrogen) atoms. The van der Waals surface area contributed by atoms with Gasteiger partial charge in [0.2, 0.25) is 5.95 Å². The van der Waals surface area contributed by atoms with E-state index >= 15 is 0 Å². The van der Waals surface area contributed by atoms with Crippen LogP contribution in [0, 0.1) is 0 Å². The third-order valence-corrected chi connectivity index (χ3v) is 2.30. The zero-order valence-corrected chi connectivity index (χ0v) is 9.38. The third-order valence-electron chi connectivity index (χ3n) is 2.30. The molecule has 0 saturated heterocycles. The van der Waals surface area contributed by atoms with Crippen molar-refractivity contribution < 1.29 is 0 Å². The minimum absolute atomic E-state index is 0.295. The lowest BCUT2D eigenvalue weighted by atomic mass is 10.1. The van der Waals surface area contributed by atoms with E-state index in [0.29, 0.717) is 5.95 Å². The van der Waals surface area contributed by atoms with E-state index in [0.717, 1.165) is 16.9 Å². The average molecular weight is 214 g/mol. The summed E-state index contributed by atoms with van der Waals surface area (Å²) in [6.45, 7) is 0. The van der Waals surface area contributed by atoms with E-state index in [9.17, 15) is 0 Å². The Morgan fingerprint density at radius 1 is 1.12 bits per heavy atom. The van der Waals surface area contributed by atoms with Crippen molar-refractivity contribution in [2.24, 2.45) is 0 Å². The molecule has 0 bridgehead atoms. The van der Waals surface area contributed by atoms with Crippen molar-refractivity contribution in [2.45, 2.75) is 0 Å². The smallest absolute Gasteiger partial charge is 0.221 e. The van der Waals surface area contributed by atoms with Crippen LogP contribution >= 0.6 is 0 Å². The van der Waals surface area contributed by atoms with Gasteiger partial charge < -0.3 is 10.6 Å². The molecule has 2 aromatic rings. The fourth-order valence-corrected chi connectivity index (χ4v) is 1.55.